The number of aromatic nitrogens is 3. The molecule has 1 aromatic heterocycles. The van der Waals surface area contributed by atoms with E-state index in [-0.39, 0.29) is 12.5 Å². The molecule has 0 bridgehead atoms. The van der Waals surface area contributed by atoms with Crippen molar-refractivity contribution in [3.8, 4) is 0 Å². The molecule has 0 aliphatic carbocycles. The summed E-state index contributed by atoms with van der Waals surface area (Å²) in [6, 6.07) is 7.22. The van der Waals surface area contributed by atoms with Gasteiger partial charge in [-0.1, -0.05) is 25.1 Å². The number of amides is 1. The minimum Gasteiger partial charge on any atom is -0.481 e. The fraction of sp³-hybridized carbons (Fsp3) is 0.333. The first-order valence-electron chi connectivity index (χ1n) is 6.87. The Labute approximate surface area is 128 Å². The molecular weight excluding hydrogens is 284 g/mol. The van der Waals surface area contributed by atoms with Crippen LogP contribution in [0.3, 0.4) is 0 Å². The van der Waals surface area contributed by atoms with Crippen LogP contribution in [0, 0.1) is 5.92 Å². The lowest BCUT2D eigenvalue weighted by molar-refractivity contribution is -0.141. The van der Waals surface area contributed by atoms with E-state index in [0.717, 1.165) is 5.56 Å². The summed E-state index contributed by atoms with van der Waals surface area (Å²) in [7, 11) is 1.61. The first kappa shape index (κ1) is 15.7. The zero-order chi connectivity index (χ0) is 16.1. The number of carbonyl (C=O) groups excluding carboxylic acids is 1. The standard InChI is InChI=1S/C15H18N4O3/c1-11(15(21)22)7-18(2)14(20)13-6-4-3-5-12(13)8-19-10-16-9-17-19/h3-6,9-11H,7-8H2,1-2H3,(H,21,22). The Balaban J connectivity index is 2.17. The van der Waals surface area contributed by atoms with Gasteiger partial charge in [0.15, 0.2) is 0 Å². The van der Waals surface area contributed by atoms with Crippen molar-refractivity contribution in [1.82, 2.24) is 19.7 Å². The van der Waals surface area contributed by atoms with Crippen LogP contribution in [-0.2, 0) is 11.3 Å². The van der Waals surface area contributed by atoms with Crippen LogP contribution in [-0.4, -0.2) is 50.2 Å². The molecule has 22 heavy (non-hydrogen) atoms. The number of hydrogen-bond donors (Lipinski definition) is 1. The summed E-state index contributed by atoms with van der Waals surface area (Å²) in [6.45, 7) is 2.17. The number of aliphatic carboxylic acids is 1. The highest BCUT2D eigenvalue weighted by molar-refractivity contribution is 5.95. The predicted molar refractivity (Wildman–Crippen MR) is 79.3 cm³/mol. The Morgan fingerprint density at radius 1 is 1.36 bits per heavy atom. The molecule has 0 saturated carbocycles. The Morgan fingerprint density at radius 3 is 2.73 bits per heavy atom. The average molecular weight is 302 g/mol. The summed E-state index contributed by atoms with van der Waals surface area (Å²) in [5.41, 5.74) is 1.35. The van der Waals surface area contributed by atoms with Crippen molar-refractivity contribution in [2.75, 3.05) is 13.6 Å². The first-order chi connectivity index (χ1) is 10.5. The van der Waals surface area contributed by atoms with Gasteiger partial charge in [0.2, 0.25) is 0 Å². The van der Waals surface area contributed by atoms with E-state index in [0.29, 0.717) is 12.1 Å². The largest absolute Gasteiger partial charge is 0.481 e. The fourth-order valence-electron chi connectivity index (χ4n) is 2.13. The maximum atomic E-state index is 12.5. The number of carboxylic acids is 1. The Hall–Kier alpha value is -2.70. The third kappa shape index (κ3) is 3.69. The molecule has 0 radical (unpaired) electrons. The molecule has 1 amide bonds. The van der Waals surface area contributed by atoms with E-state index in [1.165, 1.54) is 11.2 Å². The van der Waals surface area contributed by atoms with E-state index in [1.54, 1.807) is 37.1 Å². The molecule has 0 aliphatic heterocycles. The Kier molecular flexibility index (Phi) is 4.88. The van der Waals surface area contributed by atoms with Gasteiger partial charge < -0.3 is 10.0 Å². The van der Waals surface area contributed by atoms with Crippen molar-refractivity contribution >= 4 is 11.9 Å². The third-order valence-corrected chi connectivity index (χ3v) is 3.36. The van der Waals surface area contributed by atoms with Gasteiger partial charge in [-0.2, -0.15) is 5.10 Å². The maximum Gasteiger partial charge on any atom is 0.308 e. The molecule has 1 N–H and O–H groups in total. The summed E-state index contributed by atoms with van der Waals surface area (Å²) in [6.07, 6.45) is 3.02. The van der Waals surface area contributed by atoms with Crippen LogP contribution in [0.25, 0.3) is 0 Å². The Bertz CT molecular complexity index is 655. The third-order valence-electron chi connectivity index (χ3n) is 3.36. The van der Waals surface area contributed by atoms with Crippen molar-refractivity contribution in [3.63, 3.8) is 0 Å². The summed E-state index contributed by atoms with van der Waals surface area (Å²) in [5, 5.41) is 13.0. The Morgan fingerprint density at radius 2 is 2.09 bits per heavy atom. The summed E-state index contributed by atoms with van der Waals surface area (Å²) < 4.78 is 1.63. The normalized spacial score (nSPS) is 11.9. The molecule has 2 rings (SSSR count). The molecule has 7 nitrogen and oxygen atoms in total. The van der Waals surface area contributed by atoms with Crippen molar-refractivity contribution in [3.05, 3.63) is 48.0 Å². The number of rotatable bonds is 6. The molecule has 1 aromatic carbocycles. The lowest BCUT2D eigenvalue weighted by atomic mass is 10.1. The van der Waals surface area contributed by atoms with Gasteiger partial charge in [0, 0.05) is 19.2 Å². The number of hydrogen-bond acceptors (Lipinski definition) is 4. The number of carboxylic acid groups (broad SMARTS) is 1. The average Bonchev–Trinajstić information content (AvgIpc) is 2.99. The maximum absolute atomic E-state index is 12.5. The minimum atomic E-state index is -0.921. The highest BCUT2D eigenvalue weighted by Gasteiger charge is 2.20. The van der Waals surface area contributed by atoms with E-state index >= 15 is 0 Å². The van der Waals surface area contributed by atoms with Crippen LogP contribution in [0.2, 0.25) is 0 Å². The molecule has 0 saturated heterocycles. The number of benzene rings is 1. The van der Waals surface area contributed by atoms with E-state index < -0.39 is 11.9 Å². The van der Waals surface area contributed by atoms with Crippen molar-refractivity contribution in [2.45, 2.75) is 13.5 Å². The van der Waals surface area contributed by atoms with E-state index in [9.17, 15) is 9.59 Å². The molecule has 0 spiro atoms. The van der Waals surface area contributed by atoms with Crippen LogP contribution in [0.1, 0.15) is 22.8 Å². The molecule has 1 unspecified atom stereocenters. The second kappa shape index (κ2) is 6.84. The van der Waals surface area contributed by atoms with Crippen molar-refractivity contribution in [2.24, 2.45) is 5.92 Å². The van der Waals surface area contributed by atoms with Crippen LogP contribution >= 0.6 is 0 Å². The zero-order valence-electron chi connectivity index (χ0n) is 12.5. The summed E-state index contributed by atoms with van der Waals surface area (Å²) in [4.78, 5) is 28.8. The van der Waals surface area contributed by atoms with Gasteiger partial charge in [-0.25, -0.2) is 9.67 Å². The van der Waals surface area contributed by atoms with Crippen LogP contribution in [0.4, 0.5) is 0 Å². The first-order valence-corrected chi connectivity index (χ1v) is 6.87. The highest BCUT2D eigenvalue weighted by Crippen LogP contribution is 2.13. The fourth-order valence-corrected chi connectivity index (χ4v) is 2.13. The minimum absolute atomic E-state index is 0.159. The van der Waals surface area contributed by atoms with E-state index in [2.05, 4.69) is 10.1 Å². The molecular formula is C15H18N4O3. The van der Waals surface area contributed by atoms with Crippen LogP contribution in [0.5, 0.6) is 0 Å². The van der Waals surface area contributed by atoms with Gasteiger partial charge in [0.1, 0.15) is 12.7 Å². The molecule has 1 atom stereocenters. The molecule has 1 heterocycles. The summed E-state index contributed by atoms with van der Waals surface area (Å²) >= 11 is 0. The highest BCUT2D eigenvalue weighted by atomic mass is 16.4. The van der Waals surface area contributed by atoms with E-state index in [1.807, 2.05) is 12.1 Å². The number of carbonyl (C=O) groups is 2. The van der Waals surface area contributed by atoms with Gasteiger partial charge in [-0.3, -0.25) is 9.59 Å². The van der Waals surface area contributed by atoms with Gasteiger partial charge in [0.05, 0.1) is 12.5 Å². The summed E-state index contributed by atoms with van der Waals surface area (Å²) in [5.74, 6) is -1.74. The lowest BCUT2D eigenvalue weighted by Crippen LogP contribution is -2.34. The molecule has 116 valence electrons. The predicted octanol–water partition coefficient (Wildman–Crippen LogP) is 1.12. The monoisotopic (exact) mass is 302 g/mol. The van der Waals surface area contributed by atoms with Crippen LogP contribution < -0.4 is 0 Å². The van der Waals surface area contributed by atoms with Crippen molar-refractivity contribution < 1.29 is 14.7 Å². The second-order valence-electron chi connectivity index (χ2n) is 5.18. The van der Waals surface area contributed by atoms with Gasteiger partial charge in [-0.05, 0) is 11.6 Å². The molecule has 0 fully saturated rings. The lowest BCUT2D eigenvalue weighted by Gasteiger charge is -2.21. The topological polar surface area (TPSA) is 88.3 Å². The van der Waals surface area contributed by atoms with Crippen molar-refractivity contribution in [1.29, 1.82) is 0 Å². The second-order valence-corrected chi connectivity index (χ2v) is 5.18. The molecule has 7 heteroatoms. The van der Waals surface area contributed by atoms with Gasteiger partial charge in [-0.15, -0.1) is 0 Å². The van der Waals surface area contributed by atoms with Gasteiger partial charge in [0.25, 0.3) is 5.91 Å². The smallest absolute Gasteiger partial charge is 0.308 e. The van der Waals surface area contributed by atoms with E-state index in [4.69, 9.17) is 5.11 Å². The quantitative estimate of drug-likeness (QED) is 0.864. The SMILES string of the molecule is CC(CN(C)C(=O)c1ccccc1Cn1cncn1)C(=O)O. The molecule has 0 aliphatic rings. The van der Waals surface area contributed by atoms with Gasteiger partial charge >= 0.3 is 5.97 Å². The van der Waals surface area contributed by atoms with Crippen LogP contribution in [0.15, 0.2) is 36.9 Å². The zero-order valence-corrected chi connectivity index (χ0v) is 12.5. The molecule has 2 aromatic rings. The number of nitrogens with zero attached hydrogens (tertiary/aromatic N) is 4.